The van der Waals surface area contributed by atoms with E-state index in [0.29, 0.717) is 0 Å². The summed E-state index contributed by atoms with van der Waals surface area (Å²) in [6, 6.07) is 0. The van der Waals surface area contributed by atoms with Gasteiger partial charge >= 0.3 is 5.97 Å². The van der Waals surface area contributed by atoms with E-state index in [2.05, 4.69) is 0 Å². The van der Waals surface area contributed by atoms with Gasteiger partial charge in [0.2, 0.25) is 0 Å². The summed E-state index contributed by atoms with van der Waals surface area (Å²) < 4.78 is 0. The van der Waals surface area contributed by atoms with Gasteiger partial charge in [0.25, 0.3) is 0 Å². The van der Waals surface area contributed by atoms with Gasteiger partial charge in [-0.1, -0.05) is 0 Å². The van der Waals surface area contributed by atoms with Gasteiger partial charge in [0, 0.05) is 5.38 Å². The summed E-state index contributed by atoms with van der Waals surface area (Å²) in [7, 11) is 0. The fraction of sp³-hybridized carbons (Fsp3) is 0.923. The zero-order valence-electron chi connectivity index (χ0n) is 9.49. The molecule has 0 radical (unpaired) electrons. The molecule has 0 amide bonds. The Balaban J connectivity index is 1.80. The van der Waals surface area contributed by atoms with Crippen LogP contribution in [0, 0.1) is 23.2 Å². The second-order valence-electron chi connectivity index (χ2n) is 6.35. The van der Waals surface area contributed by atoms with Gasteiger partial charge < -0.3 is 5.11 Å². The van der Waals surface area contributed by atoms with Crippen molar-refractivity contribution >= 4 is 17.6 Å². The smallest absolute Gasteiger partial charge is 0.304 e. The van der Waals surface area contributed by atoms with Crippen LogP contribution in [0.3, 0.4) is 0 Å². The van der Waals surface area contributed by atoms with Gasteiger partial charge in [0.05, 0.1) is 6.42 Å². The van der Waals surface area contributed by atoms with Crippen LogP contribution in [0.25, 0.3) is 0 Å². The quantitative estimate of drug-likeness (QED) is 0.772. The molecule has 1 N–H and O–H groups in total. The summed E-state index contributed by atoms with van der Waals surface area (Å²) in [6.07, 6.45) is 7.89. The van der Waals surface area contributed by atoms with Gasteiger partial charge in [0.1, 0.15) is 0 Å². The first-order valence-corrected chi connectivity index (χ1v) is 6.87. The molecule has 2 nitrogen and oxygen atoms in total. The Morgan fingerprint density at radius 2 is 1.62 bits per heavy atom. The van der Waals surface area contributed by atoms with Gasteiger partial charge in [-0.3, -0.25) is 4.79 Å². The fourth-order valence-corrected chi connectivity index (χ4v) is 5.33. The molecule has 0 aromatic carbocycles. The van der Waals surface area contributed by atoms with E-state index in [1.165, 1.54) is 38.5 Å². The van der Waals surface area contributed by atoms with Crippen LogP contribution < -0.4 is 0 Å². The molecule has 0 aromatic rings. The average molecular weight is 243 g/mol. The number of carboxylic acids is 1. The molecule has 4 fully saturated rings. The van der Waals surface area contributed by atoms with Crippen molar-refractivity contribution in [3.63, 3.8) is 0 Å². The van der Waals surface area contributed by atoms with Gasteiger partial charge in [-0.2, -0.15) is 0 Å². The Morgan fingerprint density at radius 1 is 1.19 bits per heavy atom. The average Bonchev–Trinajstić information content (AvgIpc) is 2.13. The van der Waals surface area contributed by atoms with E-state index >= 15 is 0 Å². The zero-order chi connectivity index (χ0) is 11.3. The Morgan fingerprint density at radius 3 is 2.00 bits per heavy atom. The normalized spacial score (nSPS) is 46.9. The van der Waals surface area contributed by atoms with E-state index in [1.807, 2.05) is 0 Å². The van der Waals surface area contributed by atoms with E-state index in [-0.39, 0.29) is 17.2 Å². The maximum Gasteiger partial charge on any atom is 0.304 e. The standard InChI is InChI=1S/C13H19ClO2/c14-11(4-12(15)16)13-5-8-1-9(6-13)3-10(2-8)7-13/h8-11H,1-7H2,(H,15,16). The van der Waals surface area contributed by atoms with E-state index < -0.39 is 5.97 Å². The summed E-state index contributed by atoms with van der Waals surface area (Å²) in [5, 5.41) is 8.76. The van der Waals surface area contributed by atoms with Crippen LogP contribution in [0.4, 0.5) is 0 Å². The topological polar surface area (TPSA) is 37.3 Å². The monoisotopic (exact) mass is 242 g/mol. The summed E-state index contributed by atoms with van der Waals surface area (Å²) in [5.41, 5.74) is 0.175. The minimum atomic E-state index is -0.740. The van der Waals surface area contributed by atoms with Crippen LogP contribution in [0.2, 0.25) is 0 Å². The van der Waals surface area contributed by atoms with Gasteiger partial charge in [-0.05, 0) is 61.7 Å². The van der Waals surface area contributed by atoms with Gasteiger partial charge in [0.15, 0.2) is 0 Å². The highest BCUT2D eigenvalue weighted by molar-refractivity contribution is 6.22. The Labute approximate surface area is 101 Å². The lowest BCUT2D eigenvalue weighted by molar-refractivity contribution is -0.139. The third-order valence-electron chi connectivity index (χ3n) is 5.10. The summed E-state index contributed by atoms with van der Waals surface area (Å²) in [6.45, 7) is 0. The van der Waals surface area contributed by atoms with Gasteiger partial charge in [-0.15, -0.1) is 11.6 Å². The largest absolute Gasteiger partial charge is 0.481 e. The molecule has 1 atom stereocenters. The van der Waals surface area contributed by atoms with Crippen LogP contribution >= 0.6 is 11.6 Å². The van der Waals surface area contributed by atoms with Crippen molar-refractivity contribution in [2.24, 2.45) is 23.2 Å². The van der Waals surface area contributed by atoms with Crippen LogP contribution in [-0.4, -0.2) is 16.5 Å². The molecule has 0 aliphatic heterocycles. The van der Waals surface area contributed by atoms with Crippen molar-refractivity contribution in [1.29, 1.82) is 0 Å². The molecule has 16 heavy (non-hydrogen) atoms. The highest BCUT2D eigenvalue weighted by atomic mass is 35.5. The predicted molar refractivity (Wildman–Crippen MR) is 62.5 cm³/mol. The van der Waals surface area contributed by atoms with E-state index in [0.717, 1.165) is 17.8 Å². The number of alkyl halides is 1. The molecule has 0 heterocycles. The number of hydrogen-bond acceptors (Lipinski definition) is 1. The summed E-state index contributed by atoms with van der Waals surface area (Å²) in [4.78, 5) is 10.8. The second kappa shape index (κ2) is 3.63. The number of hydrogen-bond donors (Lipinski definition) is 1. The lowest BCUT2D eigenvalue weighted by Crippen LogP contribution is -2.50. The van der Waals surface area contributed by atoms with E-state index in [4.69, 9.17) is 16.7 Å². The van der Waals surface area contributed by atoms with Crippen molar-refractivity contribution in [1.82, 2.24) is 0 Å². The molecule has 4 aliphatic carbocycles. The Kier molecular flexibility index (Phi) is 2.47. The van der Waals surface area contributed by atoms with Crippen LogP contribution in [-0.2, 0) is 4.79 Å². The number of halogens is 1. The highest BCUT2D eigenvalue weighted by Crippen LogP contribution is 2.62. The summed E-state index contributed by atoms with van der Waals surface area (Å²) >= 11 is 6.42. The molecule has 1 unspecified atom stereocenters. The number of carbonyl (C=O) groups is 1. The molecule has 0 saturated heterocycles. The minimum absolute atomic E-state index is 0.140. The number of carboxylic acid groups (broad SMARTS) is 1. The molecule has 0 aromatic heterocycles. The molecule has 3 heteroatoms. The van der Waals surface area contributed by atoms with Crippen LogP contribution in [0.15, 0.2) is 0 Å². The third-order valence-corrected chi connectivity index (χ3v) is 5.72. The van der Waals surface area contributed by atoms with Crippen molar-refractivity contribution in [2.45, 2.75) is 50.3 Å². The highest BCUT2D eigenvalue weighted by Gasteiger charge is 2.53. The molecule has 0 spiro atoms. The fourth-order valence-electron chi connectivity index (χ4n) is 4.93. The third kappa shape index (κ3) is 1.66. The Hall–Kier alpha value is -0.240. The Bertz CT molecular complexity index is 278. The molecular formula is C13H19ClO2. The van der Waals surface area contributed by atoms with Crippen LogP contribution in [0.5, 0.6) is 0 Å². The lowest BCUT2D eigenvalue weighted by atomic mass is 9.48. The molecule has 90 valence electrons. The second-order valence-corrected chi connectivity index (χ2v) is 6.87. The van der Waals surface area contributed by atoms with E-state index in [1.54, 1.807) is 0 Å². The number of rotatable bonds is 3. The van der Waals surface area contributed by atoms with E-state index in [9.17, 15) is 4.79 Å². The molecule has 4 saturated carbocycles. The first-order chi connectivity index (χ1) is 7.57. The maximum atomic E-state index is 10.8. The summed E-state index contributed by atoms with van der Waals surface area (Å²) in [5.74, 6) is 1.81. The zero-order valence-corrected chi connectivity index (χ0v) is 10.2. The maximum absolute atomic E-state index is 10.8. The number of aliphatic carboxylic acids is 1. The van der Waals surface area contributed by atoms with Crippen molar-refractivity contribution in [2.75, 3.05) is 0 Å². The van der Waals surface area contributed by atoms with Crippen molar-refractivity contribution < 1.29 is 9.90 Å². The lowest BCUT2D eigenvalue weighted by Gasteiger charge is -2.58. The van der Waals surface area contributed by atoms with Gasteiger partial charge in [-0.25, -0.2) is 0 Å². The molecule has 4 rings (SSSR count). The first kappa shape index (κ1) is 10.9. The molecule has 4 bridgehead atoms. The molecular weight excluding hydrogens is 224 g/mol. The molecule has 4 aliphatic rings. The minimum Gasteiger partial charge on any atom is -0.481 e. The van der Waals surface area contributed by atoms with Crippen molar-refractivity contribution in [3.8, 4) is 0 Å². The predicted octanol–water partition coefficient (Wildman–Crippen LogP) is 3.28. The van der Waals surface area contributed by atoms with Crippen LogP contribution in [0.1, 0.15) is 44.9 Å². The first-order valence-electron chi connectivity index (χ1n) is 6.43. The van der Waals surface area contributed by atoms with Crippen molar-refractivity contribution in [3.05, 3.63) is 0 Å². The SMILES string of the molecule is O=C(O)CC(Cl)C12CC3CC(CC(C3)C1)C2.